The number of allylic oxidation sites excluding steroid dienone is 16. The van der Waals surface area contributed by atoms with Crippen LogP contribution >= 0.6 is 7.82 Å². The molecule has 0 saturated heterocycles. The lowest BCUT2D eigenvalue weighted by Crippen LogP contribution is -2.37. The molecule has 0 aliphatic heterocycles. The predicted molar refractivity (Wildman–Crippen MR) is 240 cm³/mol. The molecule has 0 N–H and O–H groups in total. The highest BCUT2D eigenvalue weighted by molar-refractivity contribution is 7.45. The van der Waals surface area contributed by atoms with Gasteiger partial charge in [0.05, 0.1) is 27.7 Å². The molecule has 0 aromatic heterocycles. The zero-order valence-corrected chi connectivity index (χ0v) is 37.8. The molecule has 0 amide bonds. The molecule has 10 heteroatoms. The Morgan fingerprint density at radius 2 is 0.914 bits per heavy atom. The summed E-state index contributed by atoms with van der Waals surface area (Å²) in [5, 5.41) is 0. The fraction of sp³-hybridized carbons (Fsp3) is 0.625. The highest BCUT2D eigenvalue weighted by Gasteiger charge is 2.21. The fourth-order valence-corrected chi connectivity index (χ4v) is 5.84. The third-order valence-corrected chi connectivity index (χ3v) is 9.54. The highest BCUT2D eigenvalue weighted by atomic mass is 31.2. The first-order chi connectivity index (χ1) is 28.0. The average molecular weight is 830 g/mol. The molecule has 0 saturated carbocycles. The van der Waals surface area contributed by atoms with Crippen molar-refractivity contribution in [2.24, 2.45) is 0 Å². The number of ether oxygens (including phenoxy) is 2. The van der Waals surface area contributed by atoms with Gasteiger partial charge in [-0.25, -0.2) is 0 Å². The summed E-state index contributed by atoms with van der Waals surface area (Å²) in [6, 6.07) is 0. The lowest BCUT2D eigenvalue weighted by atomic mass is 10.2. The van der Waals surface area contributed by atoms with Gasteiger partial charge in [-0.1, -0.05) is 137 Å². The molecule has 2 atom stereocenters. The topological polar surface area (TPSA) is 111 Å². The monoisotopic (exact) mass is 830 g/mol. The first kappa shape index (κ1) is 54.9. The number of likely N-dealkylation sites (N-methyl/N-ethyl adjacent to an activating group) is 1. The molecule has 0 aliphatic rings. The summed E-state index contributed by atoms with van der Waals surface area (Å²) in [5.74, 6) is -0.977. The van der Waals surface area contributed by atoms with E-state index in [-0.39, 0.29) is 26.1 Å². The van der Waals surface area contributed by atoms with Crippen LogP contribution in [0.25, 0.3) is 0 Å². The van der Waals surface area contributed by atoms with Crippen molar-refractivity contribution in [3.63, 3.8) is 0 Å². The van der Waals surface area contributed by atoms with Gasteiger partial charge in [-0.2, -0.15) is 0 Å². The van der Waals surface area contributed by atoms with Gasteiger partial charge in [-0.15, -0.1) is 0 Å². The molecule has 0 aromatic rings. The summed E-state index contributed by atoms with van der Waals surface area (Å²) >= 11 is 0. The number of quaternary nitrogens is 1. The van der Waals surface area contributed by atoms with Crippen LogP contribution in [0.15, 0.2) is 97.2 Å². The standard InChI is InChI=1S/C48H80NO8P/c1-6-8-10-12-14-16-18-20-22-24-26-28-30-32-34-36-38-40-47(50)54-44-46(45-56-58(52,53)55-43-42-49(3,4)5)57-48(51)41-39-37-35-33-31-29-27-25-23-21-19-17-15-13-11-9-7-2/h14-17,20-23,26-29,32-35,46H,6-13,18-19,24-25,30-31,36-45H2,1-5H3/b16-14-,17-15-,22-20-,23-21-,28-26-,29-27-,34-32-,35-33-. The molecule has 0 bridgehead atoms. The fourth-order valence-electron chi connectivity index (χ4n) is 5.11. The first-order valence-electron chi connectivity index (χ1n) is 21.9. The molecule has 0 aliphatic carbocycles. The van der Waals surface area contributed by atoms with Crippen LogP contribution < -0.4 is 4.89 Å². The zero-order chi connectivity index (χ0) is 42.8. The molecular weight excluding hydrogens is 750 g/mol. The molecule has 0 heterocycles. The summed E-state index contributed by atoms with van der Waals surface area (Å²) < 4.78 is 33.7. The van der Waals surface area contributed by atoms with E-state index in [0.29, 0.717) is 30.3 Å². The van der Waals surface area contributed by atoms with E-state index in [1.54, 1.807) is 0 Å². The molecule has 58 heavy (non-hydrogen) atoms. The minimum atomic E-state index is -4.66. The molecular formula is C48H80NO8P. The van der Waals surface area contributed by atoms with Gasteiger partial charge in [0.1, 0.15) is 19.8 Å². The zero-order valence-electron chi connectivity index (χ0n) is 36.9. The largest absolute Gasteiger partial charge is 0.756 e. The van der Waals surface area contributed by atoms with Crippen LogP contribution in [0.3, 0.4) is 0 Å². The molecule has 9 nitrogen and oxygen atoms in total. The summed E-state index contributed by atoms with van der Waals surface area (Å²) in [7, 11) is 1.08. The Balaban J connectivity index is 4.58. The van der Waals surface area contributed by atoms with Gasteiger partial charge in [-0.3, -0.25) is 14.2 Å². The first-order valence-corrected chi connectivity index (χ1v) is 23.4. The average Bonchev–Trinajstić information content (AvgIpc) is 3.17. The van der Waals surface area contributed by atoms with E-state index in [4.69, 9.17) is 18.5 Å². The minimum absolute atomic E-state index is 0.0549. The van der Waals surface area contributed by atoms with E-state index in [1.165, 1.54) is 44.9 Å². The van der Waals surface area contributed by atoms with Crippen molar-refractivity contribution >= 4 is 19.8 Å². The van der Waals surface area contributed by atoms with E-state index < -0.39 is 32.5 Å². The number of carbonyl (C=O) groups excluding carboxylic acids is 2. The number of hydrogen-bond acceptors (Lipinski definition) is 8. The van der Waals surface area contributed by atoms with Gasteiger partial charge in [0.15, 0.2) is 6.10 Å². The Kier molecular flexibility index (Phi) is 37.3. The second-order valence-electron chi connectivity index (χ2n) is 15.3. The number of hydrogen-bond donors (Lipinski definition) is 0. The van der Waals surface area contributed by atoms with E-state index in [1.807, 2.05) is 33.3 Å². The summed E-state index contributed by atoms with van der Waals surface area (Å²) in [5.41, 5.74) is 0. The highest BCUT2D eigenvalue weighted by Crippen LogP contribution is 2.38. The van der Waals surface area contributed by atoms with Crippen molar-refractivity contribution in [3.05, 3.63) is 97.2 Å². The van der Waals surface area contributed by atoms with Crippen LogP contribution in [0.2, 0.25) is 0 Å². The Bertz CT molecular complexity index is 1300. The van der Waals surface area contributed by atoms with Crippen LogP contribution in [-0.4, -0.2) is 70.0 Å². The number of phosphoric ester groups is 1. The maximum Gasteiger partial charge on any atom is 0.306 e. The normalized spacial score (nSPS) is 14.5. The van der Waals surface area contributed by atoms with Gasteiger partial charge in [0, 0.05) is 12.8 Å². The van der Waals surface area contributed by atoms with Crippen LogP contribution in [0.1, 0.15) is 142 Å². The maximum atomic E-state index is 12.6. The number of carbonyl (C=O) groups is 2. The van der Waals surface area contributed by atoms with E-state index in [0.717, 1.165) is 51.4 Å². The van der Waals surface area contributed by atoms with Crippen LogP contribution in [-0.2, 0) is 32.7 Å². The van der Waals surface area contributed by atoms with E-state index >= 15 is 0 Å². The van der Waals surface area contributed by atoms with Crippen LogP contribution in [0, 0.1) is 0 Å². The maximum absolute atomic E-state index is 12.6. The van der Waals surface area contributed by atoms with Gasteiger partial charge in [-0.05, 0) is 89.9 Å². The molecule has 330 valence electrons. The quantitative estimate of drug-likeness (QED) is 0.0199. The molecule has 0 spiro atoms. The number of rotatable bonds is 38. The number of nitrogens with zero attached hydrogens (tertiary/aromatic N) is 1. The molecule has 0 radical (unpaired) electrons. The number of esters is 2. The molecule has 0 rings (SSSR count). The van der Waals surface area contributed by atoms with Crippen LogP contribution in [0.4, 0.5) is 0 Å². The van der Waals surface area contributed by atoms with Crippen molar-refractivity contribution in [3.8, 4) is 0 Å². The Labute approximate surface area is 353 Å². The summed E-state index contributed by atoms with van der Waals surface area (Å²) in [6.07, 6.45) is 51.6. The van der Waals surface area contributed by atoms with Crippen molar-refractivity contribution in [1.29, 1.82) is 0 Å². The van der Waals surface area contributed by atoms with Gasteiger partial charge in [0.25, 0.3) is 7.82 Å². The smallest absolute Gasteiger partial charge is 0.306 e. The van der Waals surface area contributed by atoms with E-state index in [2.05, 4.69) is 98.9 Å². The second kappa shape index (κ2) is 39.4. The molecule has 0 fully saturated rings. The van der Waals surface area contributed by atoms with Crippen molar-refractivity contribution in [2.45, 2.75) is 148 Å². The summed E-state index contributed by atoms with van der Waals surface area (Å²) in [4.78, 5) is 37.5. The van der Waals surface area contributed by atoms with Crippen LogP contribution in [0.5, 0.6) is 0 Å². The van der Waals surface area contributed by atoms with Gasteiger partial charge < -0.3 is 27.9 Å². The minimum Gasteiger partial charge on any atom is -0.756 e. The summed E-state index contributed by atoms with van der Waals surface area (Å²) in [6.45, 7) is 4.01. The van der Waals surface area contributed by atoms with Gasteiger partial charge in [0.2, 0.25) is 0 Å². The Morgan fingerprint density at radius 1 is 0.534 bits per heavy atom. The predicted octanol–water partition coefficient (Wildman–Crippen LogP) is 11.9. The molecule has 2 unspecified atom stereocenters. The number of unbranched alkanes of at least 4 members (excludes halogenated alkanes) is 8. The Morgan fingerprint density at radius 3 is 1.31 bits per heavy atom. The van der Waals surface area contributed by atoms with Crippen molar-refractivity contribution in [2.75, 3.05) is 47.5 Å². The Hall–Kier alpha value is -3.07. The SMILES string of the molecule is CCCCC/C=C\C/C=C\C/C=C\C/C=C\CCCC(=O)OCC(COP(=O)([O-])OCC[N+](C)(C)C)OC(=O)CCC/C=C\C/C=C\C/C=C\C/C=C\CCCCC. The second-order valence-corrected chi connectivity index (χ2v) is 16.8. The number of phosphoric acid groups is 1. The lowest BCUT2D eigenvalue weighted by molar-refractivity contribution is -0.870. The van der Waals surface area contributed by atoms with Crippen molar-refractivity contribution in [1.82, 2.24) is 0 Å². The molecule has 0 aromatic carbocycles. The lowest BCUT2D eigenvalue weighted by Gasteiger charge is -2.28. The van der Waals surface area contributed by atoms with E-state index in [9.17, 15) is 19.0 Å². The third-order valence-electron chi connectivity index (χ3n) is 8.58. The third kappa shape index (κ3) is 42.5. The van der Waals surface area contributed by atoms with Gasteiger partial charge >= 0.3 is 11.9 Å². The van der Waals surface area contributed by atoms with Crippen molar-refractivity contribution < 1.29 is 42.1 Å².